The molecule has 6 fully saturated rings. The van der Waals surface area contributed by atoms with E-state index in [-0.39, 0.29) is 0 Å². The molecule has 0 aromatic rings. The van der Waals surface area contributed by atoms with Crippen molar-refractivity contribution in [3.05, 3.63) is 0 Å². The Kier molecular flexibility index (Phi) is 4.59. The summed E-state index contributed by atoms with van der Waals surface area (Å²) in [7, 11) is 0. The third kappa shape index (κ3) is 2.98. The van der Waals surface area contributed by atoms with E-state index in [0.717, 1.165) is 3.12 Å². The van der Waals surface area contributed by atoms with Gasteiger partial charge in [0.2, 0.25) is 0 Å². The molecule has 6 rings (SSSR count). The molecule has 4 bridgehead atoms. The first kappa shape index (κ1) is 16.1. The maximum absolute atomic E-state index is 1.75. The van der Waals surface area contributed by atoms with Crippen molar-refractivity contribution in [2.24, 2.45) is 17.8 Å². The van der Waals surface area contributed by atoms with Gasteiger partial charge in [-0.3, -0.25) is 0 Å². The van der Waals surface area contributed by atoms with Gasteiger partial charge < -0.3 is 0 Å². The van der Waals surface area contributed by atoms with Crippen LogP contribution in [0.4, 0.5) is 0 Å². The van der Waals surface area contributed by atoms with Crippen molar-refractivity contribution in [3.8, 4) is 0 Å². The summed E-state index contributed by atoms with van der Waals surface area (Å²) in [4.78, 5) is 0. The first-order valence-corrected chi connectivity index (χ1v) is 16.9. The fourth-order valence-electron chi connectivity index (χ4n) is 8.17. The molecule has 0 nitrogen and oxygen atoms in total. The quantitative estimate of drug-likeness (QED) is 0.355. The summed E-state index contributed by atoms with van der Waals surface area (Å²) >= 11 is -1.43. The Morgan fingerprint density at radius 1 is 0.522 bits per heavy atom. The van der Waals surface area contributed by atoms with Crippen molar-refractivity contribution >= 4 is 21.8 Å². The van der Waals surface area contributed by atoms with Gasteiger partial charge in [-0.15, -0.1) is 0 Å². The van der Waals surface area contributed by atoms with Crippen molar-refractivity contribution in [2.45, 2.75) is 113 Å². The van der Waals surface area contributed by atoms with E-state index in [1.54, 1.807) is 103 Å². The summed E-state index contributed by atoms with van der Waals surface area (Å²) in [5.74, 6) is 3.60. The van der Waals surface area contributed by atoms with Crippen LogP contribution in [-0.4, -0.2) is 21.8 Å². The van der Waals surface area contributed by atoms with Gasteiger partial charge in [0.05, 0.1) is 0 Å². The fourth-order valence-corrected chi connectivity index (χ4v) is 29.1. The molecule has 6 aliphatic rings. The summed E-state index contributed by atoms with van der Waals surface area (Å²) in [5, 5.41) is 0. The average molecular weight is 511 g/mol. The Morgan fingerprint density at radius 2 is 0.913 bits per heavy atom. The van der Waals surface area contributed by atoms with E-state index in [2.05, 4.69) is 0 Å². The molecule has 0 spiro atoms. The summed E-state index contributed by atoms with van der Waals surface area (Å²) < 4.78 is 3.70. The van der Waals surface area contributed by atoms with Crippen LogP contribution in [0.5, 0.6) is 0 Å². The summed E-state index contributed by atoms with van der Waals surface area (Å²) in [6, 6.07) is 0. The van der Waals surface area contributed by atoms with Gasteiger partial charge in [-0.1, -0.05) is 0 Å². The van der Waals surface area contributed by atoms with Crippen LogP contribution < -0.4 is 0 Å². The first-order chi connectivity index (χ1) is 11.3. The zero-order chi connectivity index (χ0) is 15.3. The van der Waals surface area contributed by atoms with Gasteiger partial charge in [0, 0.05) is 0 Å². The molecule has 0 aromatic carbocycles. The second-order valence-corrected chi connectivity index (χ2v) is 22.7. The van der Waals surface area contributed by atoms with E-state index >= 15 is 0 Å². The molecule has 0 aliphatic heterocycles. The molecule has 1 heteroatoms. The number of hydrogen-bond acceptors (Lipinski definition) is 0. The molecule has 0 amide bonds. The van der Waals surface area contributed by atoms with Crippen LogP contribution in [0.15, 0.2) is 0 Å². The third-order valence-electron chi connectivity index (χ3n) is 8.49. The molecule has 0 saturated heterocycles. The molecule has 0 atom stereocenters. The zero-order valence-corrected chi connectivity index (χ0v) is 18.6. The van der Waals surface area contributed by atoms with Gasteiger partial charge in [0.25, 0.3) is 0 Å². The van der Waals surface area contributed by atoms with E-state index < -0.39 is 21.8 Å². The Hall–Kier alpha value is 0.883. The molecule has 23 heavy (non-hydrogen) atoms. The van der Waals surface area contributed by atoms with Crippen LogP contribution in [0.2, 0.25) is 10.4 Å². The van der Waals surface area contributed by atoms with Crippen molar-refractivity contribution in [3.63, 3.8) is 0 Å². The molecule has 0 N–H and O–H groups in total. The van der Waals surface area contributed by atoms with Gasteiger partial charge in [-0.25, -0.2) is 0 Å². The number of hydrogen-bond donors (Lipinski definition) is 0. The van der Waals surface area contributed by atoms with Crippen LogP contribution in [0.25, 0.3) is 0 Å². The summed E-state index contributed by atoms with van der Waals surface area (Å²) in [5.41, 5.74) is 0. The van der Waals surface area contributed by atoms with Gasteiger partial charge in [-0.2, -0.15) is 0 Å². The van der Waals surface area contributed by atoms with Gasteiger partial charge in [0.15, 0.2) is 0 Å². The predicted octanol–water partition coefficient (Wildman–Crippen LogP) is 7.12. The van der Waals surface area contributed by atoms with Crippen LogP contribution in [0, 0.1) is 17.8 Å². The van der Waals surface area contributed by atoms with E-state index in [9.17, 15) is 0 Å². The van der Waals surface area contributed by atoms with E-state index in [1.807, 2.05) is 0 Å². The molecular weight excluding hydrogens is 473 g/mol. The molecule has 6 aliphatic carbocycles. The van der Waals surface area contributed by atoms with Crippen LogP contribution in [0.1, 0.15) is 103 Å². The molecule has 0 radical (unpaired) electrons. The molecule has 130 valence electrons. The molecule has 0 aromatic heterocycles. The molecular formula is C22H37Bi. The third-order valence-corrected chi connectivity index (χ3v) is 25.0. The summed E-state index contributed by atoms with van der Waals surface area (Å²) in [6.07, 6.45) is 26.6. The SMILES string of the molecule is C1CC[CH]([Bi]([CH]2CCCCC2)[C]23CC4CC(CC(C4)C2)C3)CC1. The van der Waals surface area contributed by atoms with Crippen LogP contribution in [0.3, 0.4) is 0 Å². The van der Waals surface area contributed by atoms with Crippen molar-refractivity contribution < 1.29 is 0 Å². The normalized spacial score (nSPS) is 45.0. The second kappa shape index (κ2) is 6.56. The Balaban J connectivity index is 1.46. The van der Waals surface area contributed by atoms with Crippen molar-refractivity contribution in [1.82, 2.24) is 0 Å². The molecule has 6 saturated carbocycles. The zero-order valence-electron chi connectivity index (χ0n) is 15.1. The van der Waals surface area contributed by atoms with Crippen LogP contribution in [-0.2, 0) is 0 Å². The van der Waals surface area contributed by atoms with Crippen LogP contribution >= 0.6 is 0 Å². The fraction of sp³-hybridized carbons (Fsp3) is 1.00. The second-order valence-electron chi connectivity index (χ2n) is 10.1. The topological polar surface area (TPSA) is 0 Å². The first-order valence-electron chi connectivity index (χ1n) is 11.1. The average Bonchev–Trinajstić information content (AvgIpc) is 2.55. The van der Waals surface area contributed by atoms with E-state index in [1.165, 1.54) is 25.0 Å². The Bertz CT molecular complexity index is 362. The van der Waals surface area contributed by atoms with Gasteiger partial charge in [-0.05, 0) is 0 Å². The predicted molar refractivity (Wildman–Crippen MR) is 100 cm³/mol. The monoisotopic (exact) mass is 510 g/mol. The van der Waals surface area contributed by atoms with Crippen molar-refractivity contribution in [2.75, 3.05) is 0 Å². The minimum atomic E-state index is -1.43. The van der Waals surface area contributed by atoms with Gasteiger partial charge >= 0.3 is 153 Å². The Labute approximate surface area is 152 Å². The number of rotatable bonds is 3. The summed E-state index contributed by atoms with van der Waals surface area (Å²) in [6.45, 7) is 0. The minimum absolute atomic E-state index is 1.04. The van der Waals surface area contributed by atoms with E-state index in [4.69, 9.17) is 0 Å². The van der Waals surface area contributed by atoms with Gasteiger partial charge in [0.1, 0.15) is 0 Å². The molecule has 0 heterocycles. The maximum atomic E-state index is 1.75. The molecule has 0 unspecified atom stereocenters. The Morgan fingerprint density at radius 3 is 1.30 bits per heavy atom. The van der Waals surface area contributed by atoms with Crippen molar-refractivity contribution in [1.29, 1.82) is 0 Å². The van der Waals surface area contributed by atoms with E-state index in [0.29, 0.717) is 0 Å². The standard InChI is InChI=1S/C10H15.2C6H11.Bi/c1-7-2-9-4-8(1)5-10(3-7)6-9;2*1-2-4-6-5-3-1;/h7-9H,1-6H2;2*1H,2-6H2;.